The van der Waals surface area contributed by atoms with E-state index in [-0.39, 0.29) is 11.5 Å². The first kappa shape index (κ1) is 20.1. The molecule has 1 amide bonds. The minimum Gasteiger partial charge on any atom is -0.478 e. The van der Waals surface area contributed by atoms with Gasteiger partial charge in [0.15, 0.2) is 10.1 Å². The van der Waals surface area contributed by atoms with Gasteiger partial charge in [-0.05, 0) is 67.9 Å². The molecule has 150 valence electrons. The number of amides is 1. The van der Waals surface area contributed by atoms with E-state index in [0.29, 0.717) is 26.4 Å². The van der Waals surface area contributed by atoms with Gasteiger partial charge in [-0.1, -0.05) is 24.0 Å². The maximum atomic E-state index is 12.9. The SMILES string of the molecule is Cc1cc(C)nc(-c2ccc(/C=C3/SC(=S)N(c4ccc(C(=O)O)cc4)C3=O)o2)c1. The van der Waals surface area contributed by atoms with E-state index in [4.69, 9.17) is 21.7 Å². The summed E-state index contributed by atoms with van der Waals surface area (Å²) in [5, 5.41) is 9.03. The van der Waals surface area contributed by atoms with E-state index < -0.39 is 5.97 Å². The van der Waals surface area contributed by atoms with Crippen molar-refractivity contribution in [2.24, 2.45) is 0 Å². The topological polar surface area (TPSA) is 83.6 Å². The number of nitrogens with zero attached hydrogens (tertiary/aromatic N) is 2. The molecule has 0 bridgehead atoms. The van der Waals surface area contributed by atoms with Crippen LogP contribution in [0.5, 0.6) is 0 Å². The molecule has 1 saturated heterocycles. The van der Waals surface area contributed by atoms with Crippen molar-refractivity contribution in [1.29, 1.82) is 0 Å². The second-order valence-electron chi connectivity index (χ2n) is 6.74. The molecule has 0 saturated carbocycles. The number of thiocarbonyl (C=S) groups is 1. The van der Waals surface area contributed by atoms with Crippen LogP contribution >= 0.6 is 24.0 Å². The summed E-state index contributed by atoms with van der Waals surface area (Å²) in [5.74, 6) is -0.172. The Morgan fingerprint density at radius 2 is 1.90 bits per heavy atom. The number of carboxylic acids is 1. The molecule has 0 unspecified atom stereocenters. The van der Waals surface area contributed by atoms with Crippen LogP contribution in [0.3, 0.4) is 0 Å². The molecule has 3 heterocycles. The van der Waals surface area contributed by atoms with Crippen LogP contribution in [0.4, 0.5) is 5.69 Å². The van der Waals surface area contributed by atoms with Crippen LogP contribution in [0.25, 0.3) is 17.5 Å². The van der Waals surface area contributed by atoms with Crippen molar-refractivity contribution in [2.75, 3.05) is 4.90 Å². The maximum Gasteiger partial charge on any atom is 0.335 e. The first-order valence-corrected chi connectivity index (χ1v) is 10.2. The predicted molar refractivity (Wildman–Crippen MR) is 120 cm³/mol. The normalized spacial score (nSPS) is 15.3. The summed E-state index contributed by atoms with van der Waals surface area (Å²) >= 11 is 6.53. The van der Waals surface area contributed by atoms with Crippen molar-refractivity contribution in [1.82, 2.24) is 4.98 Å². The number of hydrogen-bond acceptors (Lipinski definition) is 6. The van der Waals surface area contributed by atoms with Crippen molar-refractivity contribution >= 4 is 51.9 Å². The number of benzene rings is 1. The van der Waals surface area contributed by atoms with Crippen LogP contribution in [0.15, 0.2) is 57.9 Å². The van der Waals surface area contributed by atoms with Crippen LogP contribution in [-0.2, 0) is 4.79 Å². The molecular formula is C22H16N2O4S2. The average molecular weight is 437 g/mol. The standard InChI is InChI=1S/C22H16N2O4S2/c1-12-9-13(2)23-17(10-12)18-8-7-16(28-18)11-19-20(25)24(22(29)30-19)15-5-3-14(4-6-15)21(26)27/h3-11H,1-2H3,(H,26,27)/b19-11+. The highest BCUT2D eigenvalue weighted by molar-refractivity contribution is 8.27. The number of carboxylic acid groups (broad SMARTS) is 1. The summed E-state index contributed by atoms with van der Waals surface area (Å²) in [7, 11) is 0. The molecule has 1 aromatic carbocycles. The monoisotopic (exact) mass is 436 g/mol. The molecule has 30 heavy (non-hydrogen) atoms. The Balaban J connectivity index is 1.59. The number of carbonyl (C=O) groups is 2. The van der Waals surface area contributed by atoms with E-state index in [9.17, 15) is 9.59 Å². The van der Waals surface area contributed by atoms with Crippen molar-refractivity contribution in [3.05, 3.63) is 76.0 Å². The second-order valence-corrected chi connectivity index (χ2v) is 8.42. The first-order valence-electron chi connectivity index (χ1n) is 8.98. The number of carbonyl (C=O) groups excluding carboxylic acids is 1. The molecule has 3 aromatic rings. The van der Waals surface area contributed by atoms with Gasteiger partial charge >= 0.3 is 5.97 Å². The number of aromatic carboxylic acids is 1. The van der Waals surface area contributed by atoms with Crippen molar-refractivity contribution < 1.29 is 19.1 Å². The fourth-order valence-electron chi connectivity index (χ4n) is 3.11. The van der Waals surface area contributed by atoms with Gasteiger partial charge in [0.2, 0.25) is 0 Å². The summed E-state index contributed by atoms with van der Waals surface area (Å²) in [4.78, 5) is 30.2. The average Bonchev–Trinajstić information content (AvgIpc) is 3.26. The first-order chi connectivity index (χ1) is 14.3. The van der Waals surface area contributed by atoms with Gasteiger partial charge in [0.1, 0.15) is 11.5 Å². The largest absolute Gasteiger partial charge is 0.478 e. The maximum absolute atomic E-state index is 12.9. The Kier molecular flexibility index (Phi) is 5.27. The van der Waals surface area contributed by atoms with Gasteiger partial charge in [0.05, 0.1) is 16.2 Å². The Morgan fingerprint density at radius 3 is 2.57 bits per heavy atom. The van der Waals surface area contributed by atoms with Crippen molar-refractivity contribution in [2.45, 2.75) is 13.8 Å². The number of thioether (sulfide) groups is 1. The zero-order valence-electron chi connectivity index (χ0n) is 16.1. The summed E-state index contributed by atoms with van der Waals surface area (Å²) in [6.07, 6.45) is 1.65. The van der Waals surface area contributed by atoms with Gasteiger partial charge in [0.25, 0.3) is 5.91 Å². The van der Waals surface area contributed by atoms with E-state index in [2.05, 4.69) is 4.98 Å². The molecule has 0 atom stereocenters. The van der Waals surface area contributed by atoms with E-state index in [1.54, 1.807) is 24.3 Å². The van der Waals surface area contributed by atoms with Crippen LogP contribution in [-0.4, -0.2) is 26.3 Å². The van der Waals surface area contributed by atoms with Crippen LogP contribution in [0.1, 0.15) is 27.4 Å². The quantitative estimate of drug-likeness (QED) is 0.452. The van der Waals surface area contributed by atoms with E-state index in [1.165, 1.54) is 28.8 Å². The zero-order chi connectivity index (χ0) is 21.4. The lowest BCUT2D eigenvalue weighted by molar-refractivity contribution is -0.113. The van der Waals surface area contributed by atoms with Crippen molar-refractivity contribution in [3.63, 3.8) is 0 Å². The molecule has 1 aliphatic rings. The smallest absolute Gasteiger partial charge is 0.335 e. The van der Waals surface area contributed by atoms with Crippen LogP contribution < -0.4 is 4.90 Å². The minimum atomic E-state index is -1.03. The lowest BCUT2D eigenvalue weighted by Gasteiger charge is -2.14. The van der Waals surface area contributed by atoms with Crippen LogP contribution in [0, 0.1) is 13.8 Å². The number of aryl methyl sites for hydroxylation is 2. The third-order valence-electron chi connectivity index (χ3n) is 4.42. The highest BCUT2D eigenvalue weighted by atomic mass is 32.2. The summed E-state index contributed by atoms with van der Waals surface area (Å²) < 4.78 is 6.25. The molecule has 8 heteroatoms. The number of hydrogen-bond donors (Lipinski definition) is 1. The molecule has 1 fully saturated rings. The van der Waals surface area contributed by atoms with Gasteiger partial charge in [0, 0.05) is 11.8 Å². The Morgan fingerprint density at radius 1 is 1.17 bits per heavy atom. The highest BCUT2D eigenvalue weighted by Gasteiger charge is 2.33. The fraction of sp³-hybridized carbons (Fsp3) is 0.0909. The molecule has 6 nitrogen and oxygen atoms in total. The van der Waals surface area contributed by atoms with Gasteiger partial charge < -0.3 is 9.52 Å². The van der Waals surface area contributed by atoms with Crippen LogP contribution in [0.2, 0.25) is 0 Å². The molecule has 0 spiro atoms. The number of aromatic nitrogens is 1. The number of furan rings is 1. The summed E-state index contributed by atoms with van der Waals surface area (Å²) in [6.45, 7) is 3.92. The van der Waals surface area contributed by atoms with E-state index >= 15 is 0 Å². The molecule has 2 aromatic heterocycles. The number of anilines is 1. The predicted octanol–water partition coefficient (Wildman–Crippen LogP) is 5.06. The Bertz CT molecular complexity index is 1190. The zero-order valence-corrected chi connectivity index (χ0v) is 17.7. The lowest BCUT2D eigenvalue weighted by atomic mass is 10.2. The fourth-order valence-corrected chi connectivity index (χ4v) is 4.39. The molecule has 0 radical (unpaired) electrons. The van der Waals surface area contributed by atoms with Gasteiger partial charge in [-0.2, -0.15) is 0 Å². The molecule has 0 aliphatic carbocycles. The third kappa shape index (κ3) is 3.92. The second kappa shape index (κ2) is 7.89. The van der Waals surface area contributed by atoms with E-state index in [0.717, 1.165) is 17.0 Å². The molecule has 1 aliphatic heterocycles. The minimum absolute atomic E-state index is 0.142. The molecular weight excluding hydrogens is 420 g/mol. The molecule has 4 rings (SSSR count). The summed E-state index contributed by atoms with van der Waals surface area (Å²) in [5.41, 5.74) is 3.38. The van der Waals surface area contributed by atoms with Gasteiger partial charge in [-0.25, -0.2) is 9.78 Å². The number of pyridine rings is 1. The Hall–Kier alpha value is -3.23. The third-order valence-corrected chi connectivity index (χ3v) is 5.72. The lowest BCUT2D eigenvalue weighted by Crippen LogP contribution is -2.27. The van der Waals surface area contributed by atoms with Crippen molar-refractivity contribution in [3.8, 4) is 11.5 Å². The van der Waals surface area contributed by atoms with Gasteiger partial charge in [-0.15, -0.1) is 0 Å². The Labute approximate surface area is 182 Å². The number of rotatable bonds is 4. The van der Waals surface area contributed by atoms with E-state index in [1.807, 2.05) is 32.0 Å². The highest BCUT2D eigenvalue weighted by Crippen LogP contribution is 2.36. The van der Waals surface area contributed by atoms with Gasteiger partial charge in [-0.3, -0.25) is 9.69 Å². The molecule has 1 N–H and O–H groups in total. The summed E-state index contributed by atoms with van der Waals surface area (Å²) in [6, 6.07) is 13.5.